The summed E-state index contributed by atoms with van der Waals surface area (Å²) in [5, 5.41) is 0.404. The highest BCUT2D eigenvalue weighted by molar-refractivity contribution is 7.92. The predicted molar refractivity (Wildman–Crippen MR) is 121 cm³/mol. The van der Waals surface area contributed by atoms with Gasteiger partial charge in [-0.15, -0.1) is 0 Å². The van der Waals surface area contributed by atoms with Crippen molar-refractivity contribution < 1.29 is 26.3 Å². The van der Waals surface area contributed by atoms with Gasteiger partial charge in [0.05, 0.1) is 39.8 Å². The summed E-state index contributed by atoms with van der Waals surface area (Å²) < 4.78 is 73.4. The van der Waals surface area contributed by atoms with E-state index in [2.05, 4.69) is 9.71 Å². The van der Waals surface area contributed by atoms with Crippen LogP contribution in [0.3, 0.4) is 0 Å². The van der Waals surface area contributed by atoms with Crippen LogP contribution in [0, 0.1) is 6.92 Å². The van der Waals surface area contributed by atoms with Crippen molar-refractivity contribution in [1.82, 2.24) is 9.55 Å². The van der Waals surface area contributed by atoms with Crippen LogP contribution in [0.4, 0.5) is 18.9 Å². The number of alkyl halides is 3. The fourth-order valence-corrected chi connectivity index (χ4v) is 4.61. The van der Waals surface area contributed by atoms with E-state index in [0.29, 0.717) is 28.5 Å². The molecule has 0 spiro atoms. The summed E-state index contributed by atoms with van der Waals surface area (Å²) in [7, 11) is -3.06. The number of fused-ring (bicyclic) bond motifs is 1. The fraction of sp³-hybridized carbons (Fsp3) is 0.130. The maximum absolute atomic E-state index is 13.0. The van der Waals surface area contributed by atoms with E-state index in [0.717, 1.165) is 18.2 Å². The molecule has 176 valence electrons. The Kier molecular flexibility index (Phi) is 5.82. The van der Waals surface area contributed by atoms with Crippen molar-refractivity contribution in [1.29, 1.82) is 0 Å². The quantitative estimate of drug-likeness (QED) is 0.445. The first kappa shape index (κ1) is 23.3. The standard InChI is InChI=1S/C23H18F3N3O4S/c1-14-27-19-9-4-3-8-18(19)22(30)29(14)16-10-11-20(21(13-16)33-2)28-34(31,32)17-7-5-6-15(12-17)23(24,25)26/h3-13,28H,1-2H3. The molecule has 0 amide bonds. The number of anilines is 1. The van der Waals surface area contributed by atoms with Crippen molar-refractivity contribution in [2.75, 3.05) is 11.8 Å². The highest BCUT2D eigenvalue weighted by Crippen LogP contribution is 2.33. The molecule has 0 aliphatic rings. The molecular weight excluding hydrogens is 471 g/mol. The molecule has 0 unspecified atom stereocenters. The van der Waals surface area contributed by atoms with Crippen LogP contribution < -0.4 is 15.0 Å². The molecule has 0 fully saturated rings. The van der Waals surface area contributed by atoms with Gasteiger partial charge >= 0.3 is 6.18 Å². The van der Waals surface area contributed by atoms with Crippen molar-refractivity contribution in [2.45, 2.75) is 18.0 Å². The summed E-state index contributed by atoms with van der Waals surface area (Å²) >= 11 is 0. The number of nitrogens with zero attached hydrogens (tertiary/aromatic N) is 2. The minimum Gasteiger partial charge on any atom is -0.494 e. The molecule has 0 radical (unpaired) electrons. The summed E-state index contributed by atoms with van der Waals surface area (Å²) in [5.74, 6) is 0.468. The Bertz CT molecular complexity index is 1560. The smallest absolute Gasteiger partial charge is 0.416 e. The number of methoxy groups -OCH3 is 1. The number of ether oxygens (including phenoxy) is 1. The van der Waals surface area contributed by atoms with Gasteiger partial charge in [-0.3, -0.25) is 14.1 Å². The topological polar surface area (TPSA) is 90.3 Å². The van der Waals surface area contributed by atoms with E-state index < -0.39 is 26.7 Å². The first-order chi connectivity index (χ1) is 16.0. The lowest BCUT2D eigenvalue weighted by molar-refractivity contribution is -0.137. The number of aryl methyl sites for hydroxylation is 1. The van der Waals surface area contributed by atoms with Gasteiger partial charge in [0, 0.05) is 6.07 Å². The normalized spacial score (nSPS) is 12.0. The number of nitrogens with one attached hydrogen (secondary N) is 1. The van der Waals surface area contributed by atoms with Gasteiger partial charge in [-0.25, -0.2) is 13.4 Å². The highest BCUT2D eigenvalue weighted by atomic mass is 32.2. The second-order valence-corrected chi connectivity index (χ2v) is 9.01. The Morgan fingerprint density at radius 1 is 1.00 bits per heavy atom. The average molecular weight is 489 g/mol. The molecule has 1 heterocycles. The summed E-state index contributed by atoms with van der Waals surface area (Å²) in [6.07, 6.45) is -4.69. The van der Waals surface area contributed by atoms with Crippen molar-refractivity contribution in [3.05, 3.63) is 88.5 Å². The highest BCUT2D eigenvalue weighted by Gasteiger charge is 2.31. The van der Waals surface area contributed by atoms with E-state index in [1.54, 1.807) is 31.2 Å². The molecule has 0 aliphatic carbocycles. The van der Waals surface area contributed by atoms with E-state index in [4.69, 9.17) is 4.74 Å². The van der Waals surface area contributed by atoms with Crippen LogP contribution in [0.2, 0.25) is 0 Å². The van der Waals surface area contributed by atoms with Gasteiger partial charge in [0.25, 0.3) is 15.6 Å². The minimum atomic E-state index is -4.69. The van der Waals surface area contributed by atoms with Crippen LogP contribution in [-0.2, 0) is 16.2 Å². The lowest BCUT2D eigenvalue weighted by Gasteiger charge is -2.16. The summed E-state index contributed by atoms with van der Waals surface area (Å²) in [5.41, 5.74) is -0.500. The van der Waals surface area contributed by atoms with Crippen molar-refractivity contribution in [3.63, 3.8) is 0 Å². The Labute approximate surface area is 192 Å². The molecule has 34 heavy (non-hydrogen) atoms. The van der Waals surface area contributed by atoms with Gasteiger partial charge < -0.3 is 4.74 Å². The van der Waals surface area contributed by atoms with Crippen LogP contribution in [-0.4, -0.2) is 25.1 Å². The van der Waals surface area contributed by atoms with Crippen LogP contribution >= 0.6 is 0 Å². The summed E-state index contributed by atoms with van der Waals surface area (Å²) in [4.78, 5) is 16.9. The van der Waals surface area contributed by atoms with Crippen LogP contribution in [0.25, 0.3) is 16.6 Å². The lowest BCUT2D eigenvalue weighted by Crippen LogP contribution is -2.22. The van der Waals surface area contributed by atoms with Crippen LogP contribution in [0.15, 0.2) is 76.4 Å². The minimum absolute atomic E-state index is 0.0110. The molecule has 3 aromatic carbocycles. The summed E-state index contributed by atoms with van der Waals surface area (Å²) in [6.45, 7) is 1.66. The molecule has 1 aromatic heterocycles. The Balaban J connectivity index is 1.75. The molecule has 4 rings (SSSR count). The molecule has 7 nitrogen and oxygen atoms in total. The molecule has 0 atom stereocenters. The number of rotatable bonds is 5. The van der Waals surface area contributed by atoms with Gasteiger partial charge in [0.1, 0.15) is 11.6 Å². The molecule has 0 saturated carbocycles. The van der Waals surface area contributed by atoms with E-state index in [-0.39, 0.29) is 17.0 Å². The summed E-state index contributed by atoms with van der Waals surface area (Å²) in [6, 6.07) is 14.5. The first-order valence-corrected chi connectivity index (χ1v) is 11.4. The van der Waals surface area contributed by atoms with E-state index in [1.165, 1.54) is 29.9 Å². The van der Waals surface area contributed by atoms with Crippen LogP contribution in [0.1, 0.15) is 11.4 Å². The maximum Gasteiger partial charge on any atom is 0.416 e. The molecule has 0 bridgehead atoms. The Morgan fingerprint density at radius 3 is 2.44 bits per heavy atom. The van der Waals surface area contributed by atoms with Gasteiger partial charge in [-0.1, -0.05) is 18.2 Å². The van der Waals surface area contributed by atoms with Gasteiger partial charge in [-0.2, -0.15) is 13.2 Å². The third-order valence-electron chi connectivity index (χ3n) is 5.10. The number of para-hydroxylation sites is 1. The maximum atomic E-state index is 13.0. The molecule has 0 aliphatic heterocycles. The van der Waals surface area contributed by atoms with Gasteiger partial charge in [-0.05, 0) is 49.4 Å². The average Bonchev–Trinajstić information content (AvgIpc) is 2.79. The monoisotopic (exact) mass is 489 g/mol. The van der Waals surface area contributed by atoms with Gasteiger partial charge in [0.2, 0.25) is 0 Å². The number of benzene rings is 3. The zero-order chi connectivity index (χ0) is 24.7. The van der Waals surface area contributed by atoms with E-state index in [1.807, 2.05) is 0 Å². The second-order valence-electron chi connectivity index (χ2n) is 7.33. The number of sulfonamides is 1. The third-order valence-corrected chi connectivity index (χ3v) is 6.47. The Morgan fingerprint density at radius 2 is 1.74 bits per heavy atom. The molecule has 1 N–H and O–H groups in total. The van der Waals surface area contributed by atoms with Gasteiger partial charge in [0.15, 0.2) is 0 Å². The number of hydrogen-bond acceptors (Lipinski definition) is 5. The van der Waals surface area contributed by atoms with Crippen molar-refractivity contribution in [3.8, 4) is 11.4 Å². The fourth-order valence-electron chi connectivity index (χ4n) is 3.49. The first-order valence-electron chi connectivity index (χ1n) is 9.88. The zero-order valence-corrected chi connectivity index (χ0v) is 18.7. The number of halogens is 3. The number of aromatic nitrogens is 2. The molecule has 11 heteroatoms. The lowest BCUT2D eigenvalue weighted by atomic mass is 10.2. The van der Waals surface area contributed by atoms with Crippen molar-refractivity contribution >= 4 is 26.6 Å². The van der Waals surface area contributed by atoms with E-state index >= 15 is 0 Å². The zero-order valence-electron chi connectivity index (χ0n) is 17.9. The SMILES string of the molecule is COc1cc(-n2c(C)nc3ccccc3c2=O)ccc1NS(=O)(=O)c1cccc(C(F)(F)F)c1. The number of hydrogen-bond donors (Lipinski definition) is 1. The third kappa shape index (κ3) is 4.34. The molecule has 0 saturated heterocycles. The van der Waals surface area contributed by atoms with E-state index in [9.17, 15) is 26.4 Å². The Hall–Kier alpha value is -3.86. The largest absolute Gasteiger partial charge is 0.494 e. The predicted octanol–water partition coefficient (Wildman–Crippen LogP) is 4.52. The molecular formula is C23H18F3N3O4S. The van der Waals surface area contributed by atoms with Crippen molar-refractivity contribution in [2.24, 2.45) is 0 Å². The molecule has 4 aromatic rings. The second kappa shape index (κ2) is 8.49. The van der Waals surface area contributed by atoms with Crippen LogP contribution in [0.5, 0.6) is 5.75 Å².